The van der Waals surface area contributed by atoms with Gasteiger partial charge < -0.3 is 14.8 Å². The first-order valence-corrected chi connectivity index (χ1v) is 5.65. The van der Waals surface area contributed by atoms with E-state index in [0.717, 1.165) is 12.0 Å². The van der Waals surface area contributed by atoms with Gasteiger partial charge in [-0.15, -0.1) is 0 Å². The van der Waals surface area contributed by atoms with E-state index in [4.69, 9.17) is 16.3 Å². The summed E-state index contributed by atoms with van der Waals surface area (Å²) < 4.78 is 9.58. The van der Waals surface area contributed by atoms with Gasteiger partial charge in [0, 0.05) is 0 Å². The van der Waals surface area contributed by atoms with Gasteiger partial charge in [-0.2, -0.15) is 0 Å². The summed E-state index contributed by atoms with van der Waals surface area (Å²) in [6, 6.07) is 5.64. The third-order valence-corrected chi connectivity index (χ3v) is 2.60. The molecule has 0 aromatic heterocycles. The molecule has 0 spiro atoms. The molecule has 1 aromatic rings. The molecular weight excluding hydrogens is 242 g/mol. The standard InChI is InChI=1S/C12H16ClNO3/c1-16-11-4-3-9(7-10(11)13)5-6-14-8-12(15)17-2/h3-4,7,14H,5-6,8H2,1-2H3. The molecule has 4 nitrogen and oxygen atoms in total. The number of hydrogen-bond acceptors (Lipinski definition) is 4. The average Bonchev–Trinajstić information content (AvgIpc) is 2.34. The van der Waals surface area contributed by atoms with Crippen molar-refractivity contribution in [1.82, 2.24) is 5.32 Å². The number of carbonyl (C=O) groups excluding carboxylic acids is 1. The van der Waals surface area contributed by atoms with E-state index in [1.54, 1.807) is 7.11 Å². The fourth-order valence-corrected chi connectivity index (χ4v) is 1.64. The highest BCUT2D eigenvalue weighted by Crippen LogP contribution is 2.24. The Kier molecular flexibility index (Phi) is 5.80. The topological polar surface area (TPSA) is 47.6 Å². The summed E-state index contributed by atoms with van der Waals surface area (Å²) in [4.78, 5) is 10.8. The maximum absolute atomic E-state index is 10.8. The summed E-state index contributed by atoms with van der Waals surface area (Å²) in [7, 11) is 2.95. The molecule has 0 aliphatic rings. The molecule has 0 radical (unpaired) electrons. The highest BCUT2D eigenvalue weighted by Gasteiger charge is 2.02. The smallest absolute Gasteiger partial charge is 0.319 e. The van der Waals surface area contributed by atoms with Crippen molar-refractivity contribution in [2.45, 2.75) is 6.42 Å². The molecule has 0 atom stereocenters. The largest absolute Gasteiger partial charge is 0.495 e. The van der Waals surface area contributed by atoms with E-state index in [0.29, 0.717) is 17.3 Å². The van der Waals surface area contributed by atoms with Crippen LogP contribution in [0.25, 0.3) is 0 Å². The van der Waals surface area contributed by atoms with Crippen LogP contribution in [0.3, 0.4) is 0 Å². The van der Waals surface area contributed by atoms with E-state index < -0.39 is 0 Å². The van der Waals surface area contributed by atoms with Crippen molar-refractivity contribution in [3.63, 3.8) is 0 Å². The number of nitrogens with one attached hydrogen (secondary N) is 1. The molecule has 0 aliphatic carbocycles. The fraction of sp³-hybridized carbons (Fsp3) is 0.417. The number of esters is 1. The first-order chi connectivity index (χ1) is 8.17. The fourth-order valence-electron chi connectivity index (χ4n) is 1.36. The molecule has 0 amide bonds. The molecule has 17 heavy (non-hydrogen) atoms. The zero-order valence-electron chi connectivity index (χ0n) is 9.96. The van der Waals surface area contributed by atoms with Crippen molar-refractivity contribution in [1.29, 1.82) is 0 Å². The molecule has 0 heterocycles. The van der Waals surface area contributed by atoms with Crippen LogP contribution in [0, 0.1) is 0 Å². The van der Waals surface area contributed by atoms with E-state index >= 15 is 0 Å². The van der Waals surface area contributed by atoms with Gasteiger partial charge in [-0.1, -0.05) is 17.7 Å². The molecule has 0 saturated carbocycles. The molecule has 94 valence electrons. The molecular formula is C12H16ClNO3. The summed E-state index contributed by atoms with van der Waals surface area (Å²) in [5, 5.41) is 3.58. The Morgan fingerprint density at radius 2 is 2.18 bits per heavy atom. The Balaban J connectivity index is 2.37. The van der Waals surface area contributed by atoms with Crippen molar-refractivity contribution < 1.29 is 14.3 Å². The van der Waals surface area contributed by atoms with Gasteiger partial charge in [-0.05, 0) is 30.7 Å². The number of carbonyl (C=O) groups is 1. The number of halogens is 1. The third-order valence-electron chi connectivity index (χ3n) is 2.30. The maximum atomic E-state index is 10.8. The van der Waals surface area contributed by atoms with Crippen LogP contribution < -0.4 is 10.1 Å². The zero-order chi connectivity index (χ0) is 12.7. The van der Waals surface area contributed by atoms with Crippen LogP contribution in [-0.2, 0) is 16.0 Å². The normalized spacial score (nSPS) is 10.1. The van der Waals surface area contributed by atoms with E-state index in [1.165, 1.54) is 7.11 Å². The van der Waals surface area contributed by atoms with Gasteiger partial charge in [-0.25, -0.2) is 0 Å². The van der Waals surface area contributed by atoms with Gasteiger partial charge in [-0.3, -0.25) is 4.79 Å². The van der Waals surface area contributed by atoms with Gasteiger partial charge >= 0.3 is 5.97 Å². The molecule has 0 aliphatic heterocycles. The lowest BCUT2D eigenvalue weighted by molar-refractivity contribution is -0.139. The number of ether oxygens (including phenoxy) is 2. The van der Waals surface area contributed by atoms with Crippen molar-refractivity contribution >= 4 is 17.6 Å². The summed E-state index contributed by atoms with van der Waals surface area (Å²) in [6.45, 7) is 0.915. The Labute approximate surface area is 106 Å². The van der Waals surface area contributed by atoms with Gasteiger partial charge in [0.15, 0.2) is 0 Å². The zero-order valence-corrected chi connectivity index (χ0v) is 10.7. The number of benzene rings is 1. The minimum atomic E-state index is -0.266. The number of methoxy groups -OCH3 is 2. The quantitative estimate of drug-likeness (QED) is 0.622. The van der Waals surface area contributed by atoms with E-state index in [1.807, 2.05) is 18.2 Å². The number of rotatable bonds is 6. The van der Waals surface area contributed by atoms with E-state index in [-0.39, 0.29) is 12.5 Å². The summed E-state index contributed by atoms with van der Waals surface area (Å²) in [6.07, 6.45) is 0.792. The van der Waals surface area contributed by atoms with Crippen LogP contribution in [0.2, 0.25) is 5.02 Å². The summed E-state index contributed by atoms with van der Waals surface area (Å²) in [5.41, 5.74) is 1.09. The minimum Gasteiger partial charge on any atom is -0.495 e. The minimum absolute atomic E-state index is 0.223. The molecule has 1 aromatic carbocycles. The van der Waals surface area contributed by atoms with E-state index in [2.05, 4.69) is 10.1 Å². The molecule has 0 fully saturated rings. The lowest BCUT2D eigenvalue weighted by atomic mass is 10.1. The lowest BCUT2D eigenvalue weighted by Crippen LogP contribution is -2.25. The summed E-state index contributed by atoms with van der Waals surface area (Å²) in [5.74, 6) is 0.399. The second kappa shape index (κ2) is 7.14. The van der Waals surface area contributed by atoms with Crippen LogP contribution in [-0.4, -0.2) is 33.3 Å². The Hall–Kier alpha value is -1.26. The maximum Gasteiger partial charge on any atom is 0.319 e. The second-order valence-electron chi connectivity index (χ2n) is 3.47. The molecule has 1 rings (SSSR count). The Morgan fingerprint density at radius 3 is 2.76 bits per heavy atom. The van der Waals surface area contributed by atoms with Crippen LogP contribution in [0.5, 0.6) is 5.75 Å². The average molecular weight is 258 g/mol. The van der Waals surface area contributed by atoms with Gasteiger partial charge in [0.25, 0.3) is 0 Å². The predicted molar refractivity (Wildman–Crippen MR) is 66.6 cm³/mol. The van der Waals surface area contributed by atoms with Crippen molar-refractivity contribution in [2.75, 3.05) is 27.3 Å². The first kappa shape index (κ1) is 13.8. The third kappa shape index (κ3) is 4.63. The number of hydrogen-bond donors (Lipinski definition) is 1. The van der Waals surface area contributed by atoms with Crippen molar-refractivity contribution in [3.05, 3.63) is 28.8 Å². The van der Waals surface area contributed by atoms with Crippen LogP contribution in [0.1, 0.15) is 5.56 Å². The molecule has 0 bridgehead atoms. The van der Waals surface area contributed by atoms with Crippen molar-refractivity contribution in [2.24, 2.45) is 0 Å². The van der Waals surface area contributed by atoms with Crippen molar-refractivity contribution in [3.8, 4) is 5.75 Å². The SMILES string of the molecule is COC(=O)CNCCc1ccc(OC)c(Cl)c1. The summed E-state index contributed by atoms with van der Waals surface area (Å²) >= 11 is 6.00. The molecule has 0 unspecified atom stereocenters. The van der Waals surface area contributed by atoms with Crippen LogP contribution in [0.15, 0.2) is 18.2 Å². The molecule has 5 heteroatoms. The lowest BCUT2D eigenvalue weighted by Gasteiger charge is -2.06. The van der Waals surface area contributed by atoms with Crippen LogP contribution >= 0.6 is 11.6 Å². The monoisotopic (exact) mass is 257 g/mol. The van der Waals surface area contributed by atoms with E-state index in [9.17, 15) is 4.79 Å². The van der Waals surface area contributed by atoms with Gasteiger partial charge in [0.1, 0.15) is 5.75 Å². The highest BCUT2D eigenvalue weighted by molar-refractivity contribution is 6.32. The van der Waals surface area contributed by atoms with Gasteiger partial charge in [0.2, 0.25) is 0 Å². The highest BCUT2D eigenvalue weighted by atomic mass is 35.5. The van der Waals surface area contributed by atoms with Gasteiger partial charge in [0.05, 0.1) is 25.8 Å². The molecule has 1 N–H and O–H groups in total. The second-order valence-corrected chi connectivity index (χ2v) is 3.88. The Morgan fingerprint density at radius 1 is 1.41 bits per heavy atom. The molecule has 0 saturated heterocycles. The first-order valence-electron chi connectivity index (χ1n) is 5.27. The Bertz CT molecular complexity index is 382. The predicted octanol–water partition coefficient (Wildman–Crippen LogP) is 1.65. The van der Waals surface area contributed by atoms with Crippen LogP contribution in [0.4, 0.5) is 0 Å².